The van der Waals surface area contributed by atoms with Crippen LogP contribution in [0.4, 0.5) is 0 Å². The lowest BCUT2D eigenvalue weighted by Crippen LogP contribution is -2.45. The highest BCUT2D eigenvalue weighted by atomic mass is 17.2. The van der Waals surface area contributed by atoms with E-state index in [0.29, 0.717) is 0 Å². The number of hydrogen-bond donors (Lipinski definition) is 0. The van der Waals surface area contributed by atoms with Crippen molar-refractivity contribution in [3.8, 4) is 11.5 Å². The van der Waals surface area contributed by atoms with Gasteiger partial charge in [-0.3, -0.25) is 0 Å². The Morgan fingerprint density at radius 1 is 0.472 bits per heavy atom. The average Bonchev–Trinajstić information content (AvgIpc) is 2.94. The van der Waals surface area contributed by atoms with Crippen molar-refractivity contribution in [1.29, 1.82) is 0 Å². The fourth-order valence-corrected chi connectivity index (χ4v) is 5.05. The lowest BCUT2D eigenvalue weighted by molar-refractivity contribution is -0.432. The summed E-state index contributed by atoms with van der Waals surface area (Å²) in [5.41, 5.74) is 5.08. The van der Waals surface area contributed by atoms with Gasteiger partial charge in [-0.1, -0.05) is 83.9 Å². The van der Waals surface area contributed by atoms with Crippen LogP contribution in [0.2, 0.25) is 0 Å². The first-order valence-corrected chi connectivity index (χ1v) is 12.3. The predicted molar refractivity (Wildman–Crippen MR) is 141 cm³/mol. The molecule has 0 radical (unpaired) electrons. The number of benzene rings is 4. The number of methoxy groups -OCH3 is 2. The summed E-state index contributed by atoms with van der Waals surface area (Å²) in [4.78, 5) is 13.2. The third kappa shape index (κ3) is 4.27. The molecule has 1 fully saturated rings. The molecule has 2 unspecified atom stereocenters. The molecule has 0 amide bonds. The van der Waals surface area contributed by atoms with Gasteiger partial charge in [0.1, 0.15) is 11.5 Å². The van der Waals surface area contributed by atoms with E-state index in [0.717, 1.165) is 46.6 Å². The molecular weight excluding hydrogens is 448 g/mol. The fourth-order valence-electron chi connectivity index (χ4n) is 5.05. The van der Waals surface area contributed by atoms with E-state index >= 15 is 0 Å². The minimum atomic E-state index is -0.749. The summed E-state index contributed by atoms with van der Waals surface area (Å²) in [6.07, 6.45) is 1.45. The van der Waals surface area contributed by atoms with Crippen LogP contribution in [-0.2, 0) is 21.0 Å². The molecule has 1 aliphatic heterocycles. The zero-order valence-corrected chi connectivity index (χ0v) is 21.3. The molecule has 0 N–H and O–H groups in total. The van der Waals surface area contributed by atoms with Crippen LogP contribution in [0, 0.1) is 13.8 Å². The summed E-state index contributed by atoms with van der Waals surface area (Å²) < 4.78 is 10.8. The number of rotatable bonds is 6. The molecule has 5 rings (SSSR count). The van der Waals surface area contributed by atoms with Crippen molar-refractivity contribution in [2.75, 3.05) is 14.2 Å². The van der Waals surface area contributed by atoms with Crippen molar-refractivity contribution < 1.29 is 19.2 Å². The maximum Gasteiger partial charge on any atom is 0.154 e. The van der Waals surface area contributed by atoms with Gasteiger partial charge in [-0.05, 0) is 73.2 Å². The van der Waals surface area contributed by atoms with Gasteiger partial charge in [0.05, 0.1) is 14.2 Å². The standard InChI is InChI=1S/C32H32O4/c1-23-5-9-25(10-6-23)31(27-13-17-29(33-3)18-14-27)21-22-32(36-35-31,26-11-7-24(2)8-12-26)28-15-19-30(34-4)20-16-28/h5-20H,21-22H2,1-4H3. The van der Waals surface area contributed by atoms with Crippen LogP contribution in [0.1, 0.15) is 46.2 Å². The third-order valence-corrected chi connectivity index (χ3v) is 7.30. The van der Waals surface area contributed by atoms with E-state index in [1.54, 1.807) is 14.2 Å². The molecule has 0 aromatic heterocycles. The molecule has 0 bridgehead atoms. The van der Waals surface area contributed by atoms with Gasteiger partial charge in [-0.15, -0.1) is 0 Å². The lowest BCUT2D eigenvalue weighted by atomic mass is 9.74. The fraction of sp³-hybridized carbons (Fsp3) is 0.250. The maximum absolute atomic E-state index is 6.59. The van der Waals surface area contributed by atoms with Crippen LogP contribution < -0.4 is 9.47 Å². The number of ether oxygens (including phenoxy) is 2. The van der Waals surface area contributed by atoms with Gasteiger partial charge in [-0.2, -0.15) is 0 Å². The zero-order chi connectivity index (χ0) is 25.2. The quantitative estimate of drug-likeness (QED) is 0.272. The molecule has 184 valence electrons. The van der Waals surface area contributed by atoms with Gasteiger partial charge in [0.25, 0.3) is 0 Å². The zero-order valence-electron chi connectivity index (χ0n) is 21.3. The first-order chi connectivity index (χ1) is 17.5. The Kier molecular flexibility index (Phi) is 6.57. The molecule has 4 aromatic rings. The normalized spacial score (nSPS) is 21.7. The third-order valence-electron chi connectivity index (χ3n) is 7.30. The van der Waals surface area contributed by atoms with Crippen molar-refractivity contribution in [3.63, 3.8) is 0 Å². The van der Waals surface area contributed by atoms with Gasteiger partial charge in [0.2, 0.25) is 0 Å². The number of aryl methyl sites for hydroxylation is 2. The van der Waals surface area contributed by atoms with E-state index in [1.807, 2.05) is 24.3 Å². The van der Waals surface area contributed by atoms with E-state index in [-0.39, 0.29) is 0 Å². The van der Waals surface area contributed by atoms with Crippen LogP contribution in [0.25, 0.3) is 0 Å². The first-order valence-electron chi connectivity index (χ1n) is 12.3. The van der Waals surface area contributed by atoms with Crippen LogP contribution >= 0.6 is 0 Å². The first kappa shape index (κ1) is 24.1. The molecule has 4 aromatic carbocycles. The molecule has 0 saturated carbocycles. The van der Waals surface area contributed by atoms with Crippen molar-refractivity contribution in [1.82, 2.24) is 0 Å². The highest BCUT2D eigenvalue weighted by Gasteiger charge is 2.49. The Morgan fingerprint density at radius 2 is 0.750 bits per heavy atom. The molecule has 0 spiro atoms. The summed E-state index contributed by atoms with van der Waals surface area (Å²) in [6, 6.07) is 33.2. The Labute approximate surface area is 213 Å². The van der Waals surface area contributed by atoms with Crippen molar-refractivity contribution in [3.05, 3.63) is 130 Å². The number of hydrogen-bond acceptors (Lipinski definition) is 4. The SMILES string of the molecule is COc1ccc(C2(c3ccc(C)cc3)CCC(c3ccc(C)cc3)(c3ccc(OC)cc3)OO2)cc1. The van der Waals surface area contributed by atoms with Crippen LogP contribution in [0.15, 0.2) is 97.1 Å². The molecular formula is C32H32O4. The monoisotopic (exact) mass is 480 g/mol. The molecule has 4 heteroatoms. The summed E-state index contributed by atoms with van der Waals surface area (Å²) >= 11 is 0. The van der Waals surface area contributed by atoms with Gasteiger partial charge in [0, 0.05) is 0 Å². The van der Waals surface area contributed by atoms with E-state index < -0.39 is 11.2 Å². The molecule has 4 nitrogen and oxygen atoms in total. The van der Waals surface area contributed by atoms with Gasteiger partial charge in [-0.25, -0.2) is 9.78 Å². The summed E-state index contributed by atoms with van der Waals surface area (Å²) in [5.74, 6) is 1.61. The average molecular weight is 481 g/mol. The topological polar surface area (TPSA) is 36.9 Å². The Morgan fingerprint density at radius 3 is 1.00 bits per heavy atom. The summed E-state index contributed by atoms with van der Waals surface area (Å²) in [6.45, 7) is 4.18. The minimum Gasteiger partial charge on any atom is -0.497 e. The van der Waals surface area contributed by atoms with Crippen LogP contribution in [-0.4, -0.2) is 14.2 Å². The molecule has 1 aliphatic rings. The molecule has 1 heterocycles. The van der Waals surface area contributed by atoms with E-state index in [4.69, 9.17) is 19.2 Å². The van der Waals surface area contributed by atoms with Gasteiger partial charge in [0.15, 0.2) is 11.2 Å². The smallest absolute Gasteiger partial charge is 0.154 e. The van der Waals surface area contributed by atoms with Crippen molar-refractivity contribution >= 4 is 0 Å². The van der Waals surface area contributed by atoms with Gasteiger partial charge < -0.3 is 9.47 Å². The van der Waals surface area contributed by atoms with Crippen LogP contribution in [0.5, 0.6) is 11.5 Å². The maximum atomic E-state index is 6.59. The molecule has 1 saturated heterocycles. The lowest BCUT2D eigenvalue weighted by Gasteiger charge is -2.46. The molecule has 2 atom stereocenters. The van der Waals surface area contributed by atoms with Gasteiger partial charge >= 0.3 is 0 Å². The summed E-state index contributed by atoms with van der Waals surface area (Å²) in [5, 5.41) is 0. The summed E-state index contributed by atoms with van der Waals surface area (Å²) in [7, 11) is 3.35. The second-order valence-electron chi connectivity index (χ2n) is 9.51. The molecule has 0 aliphatic carbocycles. The van der Waals surface area contributed by atoms with Crippen molar-refractivity contribution in [2.45, 2.75) is 37.9 Å². The van der Waals surface area contributed by atoms with Crippen molar-refractivity contribution in [2.24, 2.45) is 0 Å². The predicted octanol–water partition coefficient (Wildman–Crippen LogP) is 7.25. The largest absolute Gasteiger partial charge is 0.497 e. The highest BCUT2D eigenvalue weighted by molar-refractivity contribution is 5.44. The minimum absolute atomic E-state index is 0.724. The Hall–Kier alpha value is -3.60. The van der Waals surface area contributed by atoms with E-state index in [2.05, 4.69) is 86.6 Å². The molecule has 36 heavy (non-hydrogen) atoms. The van der Waals surface area contributed by atoms with Crippen LogP contribution in [0.3, 0.4) is 0 Å². The van der Waals surface area contributed by atoms with E-state index in [1.165, 1.54) is 11.1 Å². The second-order valence-corrected chi connectivity index (χ2v) is 9.51. The Bertz CT molecular complexity index is 1180. The van der Waals surface area contributed by atoms with E-state index in [9.17, 15) is 0 Å². The highest BCUT2D eigenvalue weighted by Crippen LogP contribution is 2.51. The Balaban J connectivity index is 1.60. The second kappa shape index (κ2) is 9.81.